The summed E-state index contributed by atoms with van der Waals surface area (Å²) in [6, 6.07) is 15.4. The number of hydrogen-bond acceptors (Lipinski definition) is 7. The minimum atomic E-state index is -4.37. The lowest BCUT2D eigenvalue weighted by Crippen LogP contribution is -2.53. The lowest BCUT2D eigenvalue weighted by atomic mass is 10.1. The van der Waals surface area contributed by atoms with Crippen LogP contribution in [-0.4, -0.2) is 64.1 Å². The van der Waals surface area contributed by atoms with Gasteiger partial charge in [0.25, 0.3) is 10.0 Å². The summed E-state index contributed by atoms with van der Waals surface area (Å²) < 4.78 is 59.6. The summed E-state index contributed by atoms with van der Waals surface area (Å²) >= 11 is 0. The molecule has 1 N–H and O–H groups in total. The van der Waals surface area contributed by atoms with Crippen molar-refractivity contribution in [1.82, 2.24) is 10.2 Å². The van der Waals surface area contributed by atoms with Crippen LogP contribution in [0.3, 0.4) is 0 Å². The van der Waals surface area contributed by atoms with Gasteiger partial charge in [0, 0.05) is 18.7 Å². The zero-order chi connectivity index (χ0) is 32.0. The number of benzene rings is 3. The van der Waals surface area contributed by atoms with Gasteiger partial charge in [-0.2, -0.15) is 0 Å². The van der Waals surface area contributed by atoms with Crippen LogP contribution in [0.5, 0.6) is 17.2 Å². The van der Waals surface area contributed by atoms with Crippen LogP contribution in [0.2, 0.25) is 0 Å². The van der Waals surface area contributed by atoms with E-state index in [1.54, 1.807) is 31.4 Å². The first kappa shape index (κ1) is 32.1. The van der Waals surface area contributed by atoms with E-state index >= 15 is 0 Å². The standard InChI is InChI=1S/C33H38FN3O7S/c1-3-29(33(39)35-25-6-4-5-7-25)36(21-23-8-14-27(42-2)15-9-23)32(38)22-37(26-12-10-24(34)11-13-26)45(40,41)28-16-17-30-31(20-28)44-19-18-43-30/h8-17,20,25,29H,3-7,18-19,21-22H2,1-2H3,(H,35,39)/t29-/m1/s1. The highest BCUT2D eigenvalue weighted by molar-refractivity contribution is 7.92. The van der Waals surface area contributed by atoms with Gasteiger partial charge in [-0.15, -0.1) is 0 Å². The molecule has 10 nitrogen and oxygen atoms in total. The Morgan fingerprint density at radius 3 is 2.29 bits per heavy atom. The van der Waals surface area contributed by atoms with Crippen molar-refractivity contribution in [3.8, 4) is 17.2 Å². The molecule has 1 fully saturated rings. The van der Waals surface area contributed by atoms with Gasteiger partial charge >= 0.3 is 0 Å². The van der Waals surface area contributed by atoms with Crippen LogP contribution in [-0.2, 0) is 26.2 Å². The van der Waals surface area contributed by atoms with Gasteiger partial charge in [-0.3, -0.25) is 13.9 Å². The summed E-state index contributed by atoms with van der Waals surface area (Å²) in [5.41, 5.74) is 0.826. The smallest absolute Gasteiger partial charge is 0.264 e. The number of ether oxygens (including phenoxy) is 3. The fourth-order valence-corrected chi connectivity index (χ4v) is 7.09. The molecular formula is C33H38FN3O7S. The molecule has 0 aromatic heterocycles. The third-order valence-electron chi connectivity index (χ3n) is 8.09. The van der Waals surface area contributed by atoms with Crippen molar-refractivity contribution in [1.29, 1.82) is 0 Å². The molecule has 0 radical (unpaired) electrons. The Bertz CT molecular complexity index is 1590. The van der Waals surface area contributed by atoms with Gasteiger partial charge in [-0.25, -0.2) is 12.8 Å². The number of halogens is 1. The second kappa shape index (κ2) is 14.2. The van der Waals surface area contributed by atoms with Crippen molar-refractivity contribution in [2.45, 2.75) is 62.6 Å². The highest BCUT2D eigenvalue weighted by Gasteiger charge is 2.35. The Morgan fingerprint density at radius 1 is 0.978 bits per heavy atom. The summed E-state index contributed by atoms with van der Waals surface area (Å²) in [5.74, 6) is -0.120. The second-order valence-corrected chi connectivity index (χ2v) is 12.9. The minimum absolute atomic E-state index is 0.0378. The van der Waals surface area contributed by atoms with Crippen molar-refractivity contribution in [3.63, 3.8) is 0 Å². The molecule has 1 heterocycles. The lowest BCUT2D eigenvalue weighted by molar-refractivity contribution is -0.140. The molecule has 1 atom stereocenters. The van der Waals surface area contributed by atoms with Gasteiger partial charge in [0.15, 0.2) is 11.5 Å². The average Bonchev–Trinajstić information content (AvgIpc) is 3.57. The maximum Gasteiger partial charge on any atom is 0.264 e. The van der Waals surface area contributed by atoms with E-state index in [9.17, 15) is 22.4 Å². The summed E-state index contributed by atoms with van der Waals surface area (Å²) in [4.78, 5) is 29.2. The van der Waals surface area contributed by atoms with Crippen molar-refractivity contribution >= 4 is 27.5 Å². The first-order valence-corrected chi connectivity index (χ1v) is 16.5. The van der Waals surface area contributed by atoms with Crippen LogP contribution in [0.1, 0.15) is 44.6 Å². The van der Waals surface area contributed by atoms with Crippen molar-refractivity contribution in [2.24, 2.45) is 0 Å². The highest BCUT2D eigenvalue weighted by Crippen LogP contribution is 2.34. The van der Waals surface area contributed by atoms with Gasteiger partial charge in [0.2, 0.25) is 11.8 Å². The molecule has 5 rings (SSSR count). The molecule has 2 aliphatic rings. The van der Waals surface area contributed by atoms with Crippen LogP contribution < -0.4 is 23.8 Å². The third-order valence-corrected chi connectivity index (χ3v) is 9.86. The number of nitrogens with zero attached hydrogens (tertiary/aromatic N) is 2. The maximum absolute atomic E-state index is 14.3. The first-order chi connectivity index (χ1) is 21.7. The zero-order valence-corrected chi connectivity index (χ0v) is 26.2. The maximum atomic E-state index is 14.3. The number of anilines is 1. The number of rotatable bonds is 12. The predicted octanol–water partition coefficient (Wildman–Crippen LogP) is 4.67. The zero-order valence-electron chi connectivity index (χ0n) is 25.4. The van der Waals surface area contributed by atoms with Crippen molar-refractivity contribution in [2.75, 3.05) is 31.2 Å². The van der Waals surface area contributed by atoms with Crippen LogP contribution in [0, 0.1) is 5.82 Å². The summed E-state index contributed by atoms with van der Waals surface area (Å²) in [6.07, 6.45) is 4.12. The van der Waals surface area contributed by atoms with Crippen LogP contribution >= 0.6 is 0 Å². The van der Waals surface area contributed by atoms with Crippen molar-refractivity contribution in [3.05, 3.63) is 78.1 Å². The molecule has 0 saturated heterocycles. The topological polar surface area (TPSA) is 114 Å². The fourth-order valence-electron chi connectivity index (χ4n) is 5.66. The number of carbonyl (C=O) groups is 2. The number of amides is 2. The van der Waals surface area contributed by atoms with Gasteiger partial charge < -0.3 is 24.4 Å². The third kappa shape index (κ3) is 7.50. The Labute approximate surface area is 263 Å². The molecule has 1 aliphatic carbocycles. The Kier molecular flexibility index (Phi) is 10.1. The Morgan fingerprint density at radius 2 is 1.64 bits per heavy atom. The molecule has 1 saturated carbocycles. The van der Waals surface area contributed by atoms with Gasteiger partial charge in [-0.05, 0) is 73.4 Å². The molecule has 0 unspecified atom stereocenters. The van der Waals surface area contributed by atoms with Gasteiger partial charge in [0.1, 0.15) is 37.4 Å². The molecular weight excluding hydrogens is 601 g/mol. The fraction of sp³-hybridized carbons (Fsp3) is 0.394. The van der Waals surface area contributed by atoms with E-state index in [0.717, 1.165) is 47.7 Å². The molecule has 3 aromatic rings. The second-order valence-electron chi connectivity index (χ2n) is 11.1. The van der Waals surface area contributed by atoms with Gasteiger partial charge in [-0.1, -0.05) is 31.9 Å². The number of methoxy groups -OCH3 is 1. The predicted molar refractivity (Wildman–Crippen MR) is 166 cm³/mol. The summed E-state index contributed by atoms with van der Waals surface area (Å²) in [7, 11) is -2.82. The normalized spacial score (nSPS) is 15.3. The summed E-state index contributed by atoms with van der Waals surface area (Å²) in [6.45, 7) is 1.84. The van der Waals surface area contributed by atoms with E-state index in [2.05, 4.69) is 5.32 Å². The lowest BCUT2D eigenvalue weighted by Gasteiger charge is -2.34. The number of nitrogens with one attached hydrogen (secondary N) is 1. The van der Waals surface area contributed by atoms with Crippen molar-refractivity contribution < 1.29 is 36.6 Å². The molecule has 0 spiro atoms. The van der Waals surface area contributed by atoms with E-state index in [-0.39, 0.29) is 41.4 Å². The SMILES string of the molecule is CC[C@H](C(=O)NC1CCCC1)N(Cc1ccc(OC)cc1)C(=O)CN(c1ccc(F)cc1)S(=O)(=O)c1ccc2c(c1)OCCO2. The van der Waals surface area contributed by atoms with Crippen LogP contribution in [0.25, 0.3) is 0 Å². The number of hydrogen-bond donors (Lipinski definition) is 1. The minimum Gasteiger partial charge on any atom is -0.497 e. The summed E-state index contributed by atoms with van der Waals surface area (Å²) in [5, 5.41) is 3.09. The van der Waals surface area contributed by atoms with E-state index < -0.39 is 34.3 Å². The molecule has 12 heteroatoms. The Hall–Kier alpha value is -4.32. The quantitative estimate of drug-likeness (QED) is 0.307. The molecule has 2 amide bonds. The van der Waals surface area contributed by atoms with Crippen LogP contribution in [0.15, 0.2) is 71.6 Å². The number of fused-ring (bicyclic) bond motifs is 1. The van der Waals surface area contributed by atoms with E-state index in [1.807, 2.05) is 6.92 Å². The van der Waals surface area contributed by atoms with Gasteiger partial charge in [0.05, 0.1) is 17.7 Å². The monoisotopic (exact) mass is 639 g/mol. The van der Waals surface area contributed by atoms with E-state index in [4.69, 9.17) is 14.2 Å². The average molecular weight is 640 g/mol. The van der Waals surface area contributed by atoms with Crippen LogP contribution in [0.4, 0.5) is 10.1 Å². The largest absolute Gasteiger partial charge is 0.497 e. The molecule has 240 valence electrons. The molecule has 0 bridgehead atoms. The Balaban J connectivity index is 1.50. The molecule has 45 heavy (non-hydrogen) atoms. The van der Waals surface area contributed by atoms with E-state index in [0.29, 0.717) is 24.5 Å². The number of sulfonamides is 1. The first-order valence-electron chi connectivity index (χ1n) is 15.1. The number of carbonyl (C=O) groups excluding carboxylic acids is 2. The highest BCUT2D eigenvalue weighted by atomic mass is 32.2. The van der Waals surface area contributed by atoms with E-state index in [1.165, 1.54) is 35.2 Å². The molecule has 1 aliphatic heterocycles. The molecule has 3 aromatic carbocycles.